The van der Waals surface area contributed by atoms with Crippen molar-refractivity contribution in [2.24, 2.45) is 0 Å². The summed E-state index contributed by atoms with van der Waals surface area (Å²) in [6.07, 6.45) is 3.48. The zero-order valence-corrected chi connectivity index (χ0v) is 23.0. The van der Waals surface area contributed by atoms with Crippen LogP contribution in [0.4, 0.5) is 0 Å². The summed E-state index contributed by atoms with van der Waals surface area (Å²) in [6, 6.07) is 22.5. The van der Waals surface area contributed by atoms with Crippen molar-refractivity contribution in [3.63, 3.8) is 0 Å². The number of aliphatic hydroxyl groups is 1. The second-order valence-electron chi connectivity index (χ2n) is 9.72. The number of fused-ring (bicyclic) bond motifs is 1. The predicted octanol–water partition coefficient (Wildman–Crippen LogP) is 7.37. The Morgan fingerprint density at radius 3 is 2.32 bits per heavy atom. The number of ether oxygens (including phenoxy) is 4. The van der Waals surface area contributed by atoms with Gasteiger partial charge in [-0.05, 0) is 79.3 Å². The van der Waals surface area contributed by atoms with E-state index < -0.39 is 0 Å². The summed E-state index contributed by atoms with van der Waals surface area (Å²) in [5.74, 6) is 2.57. The van der Waals surface area contributed by atoms with Gasteiger partial charge in [0.15, 0.2) is 0 Å². The maximum absolute atomic E-state index is 9.61. The second kappa shape index (κ2) is 10.7. The molecule has 2 fully saturated rings. The van der Waals surface area contributed by atoms with Gasteiger partial charge in [-0.3, -0.25) is 0 Å². The lowest BCUT2D eigenvalue weighted by atomic mass is 9.88. The van der Waals surface area contributed by atoms with Crippen LogP contribution in [0.3, 0.4) is 0 Å². The third kappa shape index (κ3) is 5.36. The standard InChI is InChI=1S/C30H29BrO5S/c1-33-22-8-2-18(3-9-22)17-34-23-10-11-25-28(16-23)37-30(19-4-6-20(31)7-5-19)29(25)36-27-13-12-26(27)35-24-14-21(32)15-24/h2-11,16,21,24,26-27,32H,12-15,17H2,1H3/t21-,24-,26-,27?/m1/s1. The fraction of sp³-hybridized carbons (Fsp3) is 0.333. The van der Waals surface area contributed by atoms with E-state index in [9.17, 15) is 5.11 Å². The molecule has 1 aromatic heterocycles. The first-order valence-corrected chi connectivity index (χ1v) is 14.2. The van der Waals surface area contributed by atoms with Crippen molar-refractivity contribution < 1.29 is 24.1 Å². The average molecular weight is 582 g/mol. The third-order valence-electron chi connectivity index (χ3n) is 7.14. The predicted molar refractivity (Wildman–Crippen MR) is 150 cm³/mol. The highest BCUT2D eigenvalue weighted by Crippen LogP contribution is 2.47. The fourth-order valence-corrected chi connectivity index (χ4v) is 6.15. The first-order valence-electron chi connectivity index (χ1n) is 12.6. The number of rotatable bonds is 9. The summed E-state index contributed by atoms with van der Waals surface area (Å²) in [5.41, 5.74) is 2.21. The van der Waals surface area contributed by atoms with Gasteiger partial charge in [0.1, 0.15) is 30.0 Å². The van der Waals surface area contributed by atoms with E-state index in [2.05, 4.69) is 52.3 Å². The van der Waals surface area contributed by atoms with Crippen LogP contribution >= 0.6 is 27.3 Å². The number of thiophene rings is 1. The maximum Gasteiger partial charge on any atom is 0.146 e. The Morgan fingerprint density at radius 1 is 0.919 bits per heavy atom. The molecule has 6 rings (SSSR count). The normalized spacial score (nSPS) is 22.8. The van der Waals surface area contributed by atoms with Crippen molar-refractivity contribution in [1.82, 2.24) is 0 Å². The van der Waals surface area contributed by atoms with Crippen LogP contribution in [0.5, 0.6) is 17.2 Å². The quantitative estimate of drug-likeness (QED) is 0.224. The molecule has 192 valence electrons. The third-order valence-corrected chi connectivity index (χ3v) is 8.86. The van der Waals surface area contributed by atoms with Crippen LogP contribution in [0, 0.1) is 0 Å². The lowest BCUT2D eigenvalue weighted by Gasteiger charge is -2.42. The van der Waals surface area contributed by atoms with Crippen molar-refractivity contribution in [3.8, 4) is 27.7 Å². The Hall–Kier alpha value is -2.58. The van der Waals surface area contributed by atoms with E-state index in [1.54, 1.807) is 18.4 Å². The Bertz CT molecular complexity index is 1360. The minimum Gasteiger partial charge on any atom is -0.497 e. The summed E-state index contributed by atoms with van der Waals surface area (Å²) >= 11 is 5.27. The molecule has 1 unspecified atom stereocenters. The van der Waals surface area contributed by atoms with Crippen molar-refractivity contribution in [1.29, 1.82) is 0 Å². The molecule has 5 nitrogen and oxygen atoms in total. The van der Waals surface area contributed by atoms with Crippen molar-refractivity contribution in [3.05, 3.63) is 76.8 Å². The lowest BCUT2D eigenvalue weighted by Crippen LogP contribution is -2.48. The largest absolute Gasteiger partial charge is 0.497 e. The van der Waals surface area contributed by atoms with Gasteiger partial charge in [0.05, 0.1) is 30.3 Å². The zero-order valence-electron chi connectivity index (χ0n) is 20.6. The van der Waals surface area contributed by atoms with E-state index in [-0.39, 0.29) is 24.4 Å². The molecule has 37 heavy (non-hydrogen) atoms. The average Bonchev–Trinajstić information content (AvgIpc) is 3.25. The molecule has 1 N–H and O–H groups in total. The lowest BCUT2D eigenvalue weighted by molar-refractivity contribution is -0.161. The van der Waals surface area contributed by atoms with Crippen LogP contribution in [-0.2, 0) is 11.3 Å². The number of benzene rings is 3. The second-order valence-corrected chi connectivity index (χ2v) is 11.7. The van der Waals surface area contributed by atoms with E-state index in [0.29, 0.717) is 6.61 Å². The molecule has 2 aliphatic carbocycles. The molecule has 0 amide bonds. The number of methoxy groups -OCH3 is 1. The van der Waals surface area contributed by atoms with Crippen molar-refractivity contribution in [2.45, 2.75) is 56.7 Å². The van der Waals surface area contributed by atoms with E-state index in [4.69, 9.17) is 18.9 Å². The molecule has 0 spiro atoms. The van der Waals surface area contributed by atoms with E-state index >= 15 is 0 Å². The summed E-state index contributed by atoms with van der Waals surface area (Å²) in [5, 5.41) is 10.7. The highest BCUT2D eigenvalue weighted by molar-refractivity contribution is 9.10. The van der Waals surface area contributed by atoms with Crippen molar-refractivity contribution >= 4 is 37.4 Å². The molecule has 2 atom stereocenters. The minimum absolute atomic E-state index is 0.0238. The van der Waals surface area contributed by atoms with Gasteiger partial charge in [-0.1, -0.05) is 40.2 Å². The van der Waals surface area contributed by atoms with Gasteiger partial charge in [0.25, 0.3) is 0 Å². The van der Waals surface area contributed by atoms with E-state index in [0.717, 1.165) is 73.5 Å². The van der Waals surface area contributed by atoms with Crippen LogP contribution in [0.15, 0.2) is 71.2 Å². The Morgan fingerprint density at radius 2 is 1.65 bits per heavy atom. The summed E-state index contributed by atoms with van der Waals surface area (Å²) < 4.78 is 26.4. The molecular formula is C30H29BrO5S. The minimum atomic E-state index is -0.213. The summed E-state index contributed by atoms with van der Waals surface area (Å²) in [7, 11) is 1.67. The molecule has 3 aromatic carbocycles. The molecule has 0 bridgehead atoms. The number of hydrogen-bond donors (Lipinski definition) is 1. The molecule has 7 heteroatoms. The molecule has 2 saturated carbocycles. The molecule has 0 aliphatic heterocycles. The summed E-state index contributed by atoms with van der Waals surface area (Å²) in [6.45, 7) is 0.487. The first kappa shape index (κ1) is 24.7. The molecule has 1 heterocycles. The van der Waals surface area contributed by atoms with Crippen molar-refractivity contribution in [2.75, 3.05) is 7.11 Å². The van der Waals surface area contributed by atoms with Crippen LogP contribution in [0.25, 0.3) is 20.5 Å². The number of halogens is 1. The molecule has 4 aromatic rings. The topological polar surface area (TPSA) is 57.2 Å². The van der Waals surface area contributed by atoms with E-state index in [1.165, 1.54) is 0 Å². The fourth-order valence-electron chi connectivity index (χ4n) is 4.72. The monoisotopic (exact) mass is 580 g/mol. The van der Waals surface area contributed by atoms with Crippen LogP contribution in [0.1, 0.15) is 31.2 Å². The summed E-state index contributed by atoms with van der Waals surface area (Å²) in [4.78, 5) is 1.11. The van der Waals surface area contributed by atoms with Gasteiger partial charge in [-0.15, -0.1) is 11.3 Å². The highest BCUT2D eigenvalue weighted by Gasteiger charge is 2.39. The van der Waals surface area contributed by atoms with Gasteiger partial charge < -0.3 is 24.1 Å². The molecular weight excluding hydrogens is 552 g/mol. The smallest absolute Gasteiger partial charge is 0.146 e. The van der Waals surface area contributed by atoms with Crippen LogP contribution in [-0.4, -0.2) is 36.6 Å². The van der Waals surface area contributed by atoms with Gasteiger partial charge in [-0.25, -0.2) is 0 Å². The Labute approximate surface area is 229 Å². The van der Waals surface area contributed by atoms with Gasteiger partial charge >= 0.3 is 0 Å². The Balaban J connectivity index is 1.25. The molecule has 2 aliphatic rings. The first-order chi connectivity index (χ1) is 18.1. The van der Waals surface area contributed by atoms with Crippen LogP contribution in [0.2, 0.25) is 0 Å². The van der Waals surface area contributed by atoms with E-state index in [1.807, 2.05) is 30.3 Å². The van der Waals surface area contributed by atoms with Gasteiger partial charge in [-0.2, -0.15) is 0 Å². The zero-order chi connectivity index (χ0) is 25.4. The maximum atomic E-state index is 9.61. The SMILES string of the molecule is COc1ccc(COc2ccc3c(OC4CC[C@H]4O[C@H]4C[C@H](O)C4)c(-c4ccc(Br)cc4)sc3c2)cc1. The van der Waals surface area contributed by atoms with Gasteiger partial charge in [0, 0.05) is 14.6 Å². The van der Waals surface area contributed by atoms with Gasteiger partial charge in [0.2, 0.25) is 0 Å². The highest BCUT2D eigenvalue weighted by atomic mass is 79.9. The molecule has 0 radical (unpaired) electrons. The van der Waals surface area contributed by atoms with Crippen LogP contribution < -0.4 is 14.2 Å². The number of aliphatic hydroxyl groups excluding tert-OH is 1. The number of hydrogen-bond acceptors (Lipinski definition) is 6. The molecule has 0 saturated heterocycles. The Kier molecular flexibility index (Phi) is 7.12.